The standard InChI is InChI=1S/C15H19NO2S/c1-11-10-14(19-13(11)6-3-9-17)15(18)16-8-7-12-4-2-5-12/h10,12,17H,2,4-5,7-9H2,1H3,(H,16,18). The Morgan fingerprint density at radius 2 is 2.37 bits per heavy atom. The lowest BCUT2D eigenvalue weighted by Crippen LogP contribution is -2.26. The van der Waals surface area contributed by atoms with Crippen LogP contribution in [0, 0.1) is 24.7 Å². The van der Waals surface area contributed by atoms with Crippen molar-refractivity contribution in [3.05, 3.63) is 21.4 Å². The molecule has 0 aliphatic heterocycles. The monoisotopic (exact) mass is 277 g/mol. The van der Waals surface area contributed by atoms with Gasteiger partial charge in [-0.2, -0.15) is 0 Å². The zero-order chi connectivity index (χ0) is 13.7. The minimum Gasteiger partial charge on any atom is -0.384 e. The van der Waals surface area contributed by atoms with Gasteiger partial charge in [0.1, 0.15) is 6.61 Å². The van der Waals surface area contributed by atoms with Gasteiger partial charge in [0.2, 0.25) is 0 Å². The summed E-state index contributed by atoms with van der Waals surface area (Å²) in [7, 11) is 0. The molecule has 102 valence electrons. The Balaban J connectivity index is 1.87. The average molecular weight is 277 g/mol. The van der Waals surface area contributed by atoms with E-state index in [4.69, 9.17) is 5.11 Å². The number of hydrogen-bond acceptors (Lipinski definition) is 3. The van der Waals surface area contributed by atoms with Gasteiger partial charge in [-0.05, 0) is 30.9 Å². The number of amides is 1. The molecule has 3 nitrogen and oxygen atoms in total. The highest BCUT2D eigenvalue weighted by Gasteiger charge is 2.17. The van der Waals surface area contributed by atoms with Crippen LogP contribution in [-0.2, 0) is 0 Å². The van der Waals surface area contributed by atoms with E-state index in [1.807, 2.05) is 13.0 Å². The van der Waals surface area contributed by atoms with Crippen molar-refractivity contribution in [2.45, 2.75) is 32.6 Å². The molecule has 1 aliphatic carbocycles. The molecule has 1 fully saturated rings. The predicted molar refractivity (Wildman–Crippen MR) is 77.3 cm³/mol. The second-order valence-electron chi connectivity index (χ2n) is 4.92. The first kappa shape index (κ1) is 14.1. The van der Waals surface area contributed by atoms with Gasteiger partial charge < -0.3 is 10.4 Å². The second-order valence-corrected chi connectivity index (χ2v) is 5.98. The largest absolute Gasteiger partial charge is 0.384 e. The zero-order valence-corrected chi connectivity index (χ0v) is 12.0. The molecule has 1 heterocycles. The molecule has 19 heavy (non-hydrogen) atoms. The summed E-state index contributed by atoms with van der Waals surface area (Å²) in [5.74, 6) is 6.29. The zero-order valence-electron chi connectivity index (χ0n) is 11.2. The van der Waals surface area contributed by atoms with E-state index in [2.05, 4.69) is 17.2 Å². The van der Waals surface area contributed by atoms with Crippen molar-refractivity contribution in [1.29, 1.82) is 0 Å². The van der Waals surface area contributed by atoms with Gasteiger partial charge in [0.05, 0.1) is 9.75 Å². The number of hydrogen-bond donors (Lipinski definition) is 2. The lowest BCUT2D eigenvalue weighted by molar-refractivity contribution is 0.0953. The maximum Gasteiger partial charge on any atom is 0.261 e. The second kappa shape index (κ2) is 6.74. The van der Waals surface area contributed by atoms with Gasteiger partial charge in [0.25, 0.3) is 5.91 Å². The molecule has 0 spiro atoms. The third-order valence-corrected chi connectivity index (χ3v) is 4.64. The molecule has 4 heteroatoms. The van der Waals surface area contributed by atoms with Crippen LogP contribution in [0.5, 0.6) is 0 Å². The summed E-state index contributed by atoms with van der Waals surface area (Å²) in [5.41, 5.74) is 0.995. The van der Waals surface area contributed by atoms with Crippen LogP contribution in [0.2, 0.25) is 0 Å². The molecular formula is C15H19NO2S. The van der Waals surface area contributed by atoms with Crippen LogP contribution in [0.4, 0.5) is 0 Å². The first-order chi connectivity index (χ1) is 9.20. The minimum absolute atomic E-state index is 0.00975. The molecule has 0 aromatic carbocycles. The van der Waals surface area contributed by atoms with Crippen molar-refractivity contribution in [2.75, 3.05) is 13.2 Å². The normalized spacial score (nSPS) is 14.4. The van der Waals surface area contributed by atoms with Gasteiger partial charge in [-0.25, -0.2) is 0 Å². The minimum atomic E-state index is -0.153. The lowest BCUT2D eigenvalue weighted by Gasteiger charge is -2.25. The molecule has 1 aliphatic rings. The number of aliphatic hydroxyl groups excluding tert-OH is 1. The van der Waals surface area contributed by atoms with Crippen molar-refractivity contribution < 1.29 is 9.90 Å². The van der Waals surface area contributed by atoms with Gasteiger partial charge in [0.15, 0.2) is 0 Å². The molecule has 2 N–H and O–H groups in total. The van der Waals surface area contributed by atoms with E-state index in [9.17, 15) is 4.79 Å². The number of carbonyl (C=O) groups is 1. The van der Waals surface area contributed by atoms with Crippen LogP contribution in [0.25, 0.3) is 0 Å². The summed E-state index contributed by atoms with van der Waals surface area (Å²) in [6.07, 6.45) is 5.06. The van der Waals surface area contributed by atoms with E-state index in [1.54, 1.807) is 0 Å². The van der Waals surface area contributed by atoms with Crippen LogP contribution >= 0.6 is 11.3 Å². The number of nitrogens with one attached hydrogen (secondary N) is 1. The summed E-state index contributed by atoms with van der Waals surface area (Å²) >= 11 is 1.39. The number of aryl methyl sites for hydroxylation is 1. The van der Waals surface area contributed by atoms with Gasteiger partial charge in [-0.15, -0.1) is 11.3 Å². The first-order valence-corrected chi connectivity index (χ1v) is 7.50. The van der Waals surface area contributed by atoms with Gasteiger partial charge >= 0.3 is 0 Å². The summed E-state index contributed by atoms with van der Waals surface area (Å²) in [6, 6.07) is 1.87. The quantitative estimate of drug-likeness (QED) is 0.830. The van der Waals surface area contributed by atoms with Crippen LogP contribution in [-0.4, -0.2) is 24.2 Å². The molecule has 0 atom stereocenters. The molecule has 1 aromatic heterocycles. The Labute approximate surface area is 118 Å². The number of carbonyl (C=O) groups excluding carboxylic acids is 1. The lowest BCUT2D eigenvalue weighted by atomic mass is 9.83. The average Bonchev–Trinajstić information content (AvgIpc) is 2.71. The van der Waals surface area contributed by atoms with Gasteiger partial charge in [-0.3, -0.25) is 4.79 Å². The topological polar surface area (TPSA) is 49.3 Å². The third-order valence-electron chi connectivity index (χ3n) is 3.49. The Kier molecular flexibility index (Phi) is 5.00. The third kappa shape index (κ3) is 3.82. The van der Waals surface area contributed by atoms with Crippen LogP contribution in [0.15, 0.2) is 6.07 Å². The molecule has 1 aromatic rings. The van der Waals surface area contributed by atoms with Crippen molar-refractivity contribution in [3.8, 4) is 11.8 Å². The highest BCUT2D eigenvalue weighted by molar-refractivity contribution is 7.14. The fourth-order valence-corrected chi connectivity index (χ4v) is 3.06. The molecule has 0 saturated heterocycles. The fraction of sp³-hybridized carbons (Fsp3) is 0.533. The number of thiophene rings is 1. The van der Waals surface area contributed by atoms with Crippen molar-refractivity contribution in [2.24, 2.45) is 5.92 Å². The van der Waals surface area contributed by atoms with Crippen molar-refractivity contribution in [3.63, 3.8) is 0 Å². The highest BCUT2D eigenvalue weighted by atomic mass is 32.1. The maximum atomic E-state index is 12.0. The summed E-state index contributed by atoms with van der Waals surface area (Å²) in [5, 5.41) is 11.7. The predicted octanol–water partition coefficient (Wildman–Crippen LogP) is 2.32. The van der Waals surface area contributed by atoms with E-state index in [1.165, 1.54) is 30.6 Å². The van der Waals surface area contributed by atoms with E-state index in [-0.39, 0.29) is 12.5 Å². The number of rotatable bonds is 4. The van der Waals surface area contributed by atoms with E-state index < -0.39 is 0 Å². The maximum absolute atomic E-state index is 12.0. The number of aliphatic hydroxyl groups is 1. The molecule has 1 amide bonds. The van der Waals surface area contributed by atoms with Crippen LogP contribution in [0.3, 0.4) is 0 Å². The van der Waals surface area contributed by atoms with Crippen LogP contribution < -0.4 is 5.32 Å². The SMILES string of the molecule is Cc1cc(C(=O)NCCC2CCC2)sc1C#CCO. The Hall–Kier alpha value is -1.31. The Morgan fingerprint density at radius 3 is 3.00 bits per heavy atom. The molecule has 1 saturated carbocycles. The van der Waals surface area contributed by atoms with Crippen molar-refractivity contribution in [1.82, 2.24) is 5.32 Å². The molecule has 2 rings (SSSR count). The van der Waals surface area contributed by atoms with E-state index in [0.717, 1.165) is 29.3 Å². The van der Waals surface area contributed by atoms with Crippen molar-refractivity contribution >= 4 is 17.2 Å². The summed E-state index contributed by atoms with van der Waals surface area (Å²) in [4.78, 5) is 13.5. The Bertz CT molecular complexity index is 506. The smallest absolute Gasteiger partial charge is 0.261 e. The fourth-order valence-electron chi connectivity index (χ4n) is 2.10. The summed E-state index contributed by atoms with van der Waals surface area (Å²) < 4.78 is 0. The van der Waals surface area contributed by atoms with Crippen LogP contribution in [0.1, 0.15) is 45.8 Å². The van der Waals surface area contributed by atoms with Gasteiger partial charge in [-0.1, -0.05) is 31.1 Å². The molecule has 0 unspecified atom stereocenters. The van der Waals surface area contributed by atoms with E-state index in [0.29, 0.717) is 4.88 Å². The van der Waals surface area contributed by atoms with Gasteiger partial charge in [0, 0.05) is 6.54 Å². The highest BCUT2D eigenvalue weighted by Crippen LogP contribution is 2.28. The molecule has 0 bridgehead atoms. The summed E-state index contributed by atoms with van der Waals surface area (Å²) in [6.45, 7) is 2.54. The first-order valence-electron chi connectivity index (χ1n) is 6.69. The Morgan fingerprint density at radius 1 is 1.58 bits per heavy atom. The molecular weight excluding hydrogens is 258 g/mol. The molecule has 0 radical (unpaired) electrons. The van der Waals surface area contributed by atoms with E-state index >= 15 is 0 Å².